The van der Waals surface area contributed by atoms with E-state index in [0.717, 1.165) is 17.5 Å². The van der Waals surface area contributed by atoms with E-state index in [1.807, 2.05) is 66.7 Å². The van der Waals surface area contributed by atoms with E-state index in [1.165, 1.54) is 23.4 Å². The van der Waals surface area contributed by atoms with Crippen LogP contribution >= 0.6 is 24.0 Å². The average Bonchev–Trinajstić information content (AvgIpc) is 3.11. The monoisotopic (exact) mass is 471 g/mol. The lowest BCUT2D eigenvalue weighted by atomic mass is 10.1. The number of hydrogen-bond acceptors (Lipinski definition) is 5. The Morgan fingerprint density at radius 1 is 0.909 bits per heavy atom. The summed E-state index contributed by atoms with van der Waals surface area (Å²) < 4.78 is 5.91. The first-order chi connectivity index (χ1) is 16.1. The van der Waals surface area contributed by atoms with Crippen LogP contribution in [0.3, 0.4) is 0 Å². The number of ether oxygens (including phenoxy) is 1. The minimum absolute atomic E-state index is 0.0810. The number of benzene rings is 3. The lowest BCUT2D eigenvalue weighted by Gasteiger charge is -2.14. The Balaban J connectivity index is 1.35. The van der Waals surface area contributed by atoms with Crippen LogP contribution in [0.25, 0.3) is 12.2 Å². The van der Waals surface area contributed by atoms with Crippen molar-refractivity contribution in [1.29, 1.82) is 0 Å². The van der Waals surface area contributed by atoms with Gasteiger partial charge in [0.05, 0.1) is 4.91 Å². The van der Waals surface area contributed by atoms with Gasteiger partial charge in [-0.2, -0.15) is 0 Å². The molecule has 1 fully saturated rings. The number of esters is 1. The first-order valence-electron chi connectivity index (χ1n) is 10.4. The van der Waals surface area contributed by atoms with Crippen LogP contribution in [0.4, 0.5) is 0 Å². The normalized spacial score (nSPS) is 14.9. The fourth-order valence-corrected chi connectivity index (χ4v) is 4.55. The highest BCUT2D eigenvalue weighted by Gasteiger charge is 2.31. The van der Waals surface area contributed by atoms with Crippen molar-refractivity contribution in [1.82, 2.24) is 4.90 Å². The summed E-state index contributed by atoms with van der Waals surface area (Å²) >= 11 is 6.72. The van der Waals surface area contributed by atoms with Crippen LogP contribution in [0, 0.1) is 0 Å². The first kappa shape index (κ1) is 22.7. The molecule has 0 atom stereocenters. The lowest BCUT2D eigenvalue weighted by molar-refractivity contribution is -0.129. The number of nitrogens with zero attached hydrogens (tertiary/aromatic N) is 1. The summed E-state index contributed by atoms with van der Waals surface area (Å²) in [6.45, 7) is 0.553. The van der Waals surface area contributed by atoms with Gasteiger partial charge in [0.25, 0.3) is 5.91 Å². The second-order valence-corrected chi connectivity index (χ2v) is 8.98. The van der Waals surface area contributed by atoms with E-state index in [2.05, 4.69) is 0 Å². The highest BCUT2D eigenvalue weighted by molar-refractivity contribution is 8.26. The van der Waals surface area contributed by atoms with Crippen molar-refractivity contribution in [2.45, 2.75) is 6.42 Å². The second-order valence-electron chi connectivity index (χ2n) is 7.30. The van der Waals surface area contributed by atoms with Gasteiger partial charge in [0.15, 0.2) is 0 Å². The zero-order chi connectivity index (χ0) is 23.0. The molecule has 0 spiro atoms. The molecular weight excluding hydrogens is 450 g/mol. The lowest BCUT2D eigenvalue weighted by Crippen LogP contribution is -2.30. The third-order valence-electron chi connectivity index (χ3n) is 4.95. The third-order valence-corrected chi connectivity index (χ3v) is 6.33. The predicted octanol–water partition coefficient (Wildman–Crippen LogP) is 5.75. The van der Waals surface area contributed by atoms with Crippen LogP contribution in [0.5, 0.6) is 5.75 Å². The molecule has 1 heterocycles. The van der Waals surface area contributed by atoms with Crippen LogP contribution in [-0.4, -0.2) is 27.6 Å². The first-order valence-corrected chi connectivity index (χ1v) is 11.7. The Kier molecular flexibility index (Phi) is 7.50. The number of carbonyl (C=O) groups excluding carboxylic acids is 2. The molecule has 0 N–H and O–H groups in total. The summed E-state index contributed by atoms with van der Waals surface area (Å²) in [4.78, 5) is 27.1. The minimum Gasteiger partial charge on any atom is -0.423 e. The SMILES string of the molecule is O=C(/C=C/c1ccccc1)Oc1ccc(/C=C2\SC(=S)N(CCc3ccccc3)C2=O)cc1. The molecule has 0 saturated carbocycles. The molecule has 6 heteroatoms. The van der Waals surface area contributed by atoms with E-state index < -0.39 is 5.97 Å². The summed E-state index contributed by atoms with van der Waals surface area (Å²) in [6.07, 6.45) is 5.66. The Bertz CT molecular complexity index is 1200. The molecule has 0 radical (unpaired) electrons. The standard InChI is InChI=1S/C27H21NO3S2/c29-25(16-13-20-7-3-1-4-8-20)31-23-14-11-22(12-15-23)19-24-26(30)28(27(32)33-24)18-17-21-9-5-2-6-10-21/h1-16,19H,17-18H2/b16-13+,24-19-. The maximum atomic E-state index is 12.8. The molecule has 1 aliphatic rings. The van der Waals surface area contributed by atoms with Gasteiger partial charge in [-0.1, -0.05) is 96.8 Å². The Labute approximate surface area is 202 Å². The molecule has 0 aliphatic carbocycles. The van der Waals surface area contributed by atoms with Gasteiger partial charge in [-0.25, -0.2) is 4.79 Å². The maximum absolute atomic E-state index is 12.8. The van der Waals surface area contributed by atoms with Gasteiger partial charge >= 0.3 is 5.97 Å². The van der Waals surface area contributed by atoms with Gasteiger partial charge in [-0.15, -0.1) is 0 Å². The molecule has 3 aromatic carbocycles. The fourth-order valence-electron chi connectivity index (χ4n) is 3.24. The fraction of sp³-hybridized carbons (Fsp3) is 0.0741. The molecule has 33 heavy (non-hydrogen) atoms. The molecule has 4 nitrogen and oxygen atoms in total. The molecule has 164 valence electrons. The van der Waals surface area contributed by atoms with Crippen molar-refractivity contribution in [2.75, 3.05) is 6.54 Å². The molecular formula is C27H21NO3S2. The van der Waals surface area contributed by atoms with Crippen molar-refractivity contribution in [3.8, 4) is 5.75 Å². The molecule has 1 saturated heterocycles. The topological polar surface area (TPSA) is 46.6 Å². The van der Waals surface area contributed by atoms with Crippen molar-refractivity contribution in [3.63, 3.8) is 0 Å². The Morgan fingerprint density at radius 2 is 1.58 bits per heavy atom. The van der Waals surface area contributed by atoms with Crippen LogP contribution in [0.2, 0.25) is 0 Å². The van der Waals surface area contributed by atoms with E-state index in [1.54, 1.807) is 35.2 Å². The number of thioether (sulfide) groups is 1. The van der Waals surface area contributed by atoms with E-state index >= 15 is 0 Å². The van der Waals surface area contributed by atoms with E-state index in [4.69, 9.17) is 17.0 Å². The van der Waals surface area contributed by atoms with Crippen LogP contribution in [-0.2, 0) is 16.0 Å². The van der Waals surface area contributed by atoms with Crippen LogP contribution in [0.15, 0.2) is 95.9 Å². The molecule has 3 aromatic rings. The number of carbonyl (C=O) groups is 2. The quantitative estimate of drug-likeness (QED) is 0.190. The number of hydrogen-bond donors (Lipinski definition) is 0. The van der Waals surface area contributed by atoms with Gasteiger partial charge < -0.3 is 4.74 Å². The predicted molar refractivity (Wildman–Crippen MR) is 138 cm³/mol. The van der Waals surface area contributed by atoms with E-state index in [-0.39, 0.29) is 5.91 Å². The smallest absolute Gasteiger partial charge is 0.336 e. The summed E-state index contributed by atoms with van der Waals surface area (Å²) in [7, 11) is 0. The van der Waals surface area contributed by atoms with Crippen LogP contribution < -0.4 is 4.74 Å². The van der Waals surface area contributed by atoms with E-state index in [9.17, 15) is 9.59 Å². The Hall–Kier alpha value is -3.48. The molecule has 4 rings (SSSR count). The Morgan fingerprint density at radius 3 is 2.27 bits per heavy atom. The molecule has 1 amide bonds. The minimum atomic E-state index is -0.453. The zero-order valence-electron chi connectivity index (χ0n) is 17.7. The third kappa shape index (κ3) is 6.28. The average molecular weight is 472 g/mol. The second kappa shape index (κ2) is 10.9. The van der Waals surface area contributed by atoms with Gasteiger partial charge in [0.2, 0.25) is 0 Å². The van der Waals surface area contributed by atoms with Gasteiger partial charge in [-0.3, -0.25) is 9.69 Å². The maximum Gasteiger partial charge on any atom is 0.336 e. The largest absolute Gasteiger partial charge is 0.423 e. The van der Waals surface area contributed by atoms with Crippen LogP contribution in [0.1, 0.15) is 16.7 Å². The highest BCUT2D eigenvalue weighted by Crippen LogP contribution is 2.32. The molecule has 0 aromatic heterocycles. The highest BCUT2D eigenvalue weighted by atomic mass is 32.2. The summed E-state index contributed by atoms with van der Waals surface area (Å²) in [5, 5.41) is 0. The molecule has 0 unspecified atom stereocenters. The van der Waals surface area contributed by atoms with Crippen molar-refractivity contribution >= 4 is 52.3 Å². The van der Waals surface area contributed by atoms with Crippen molar-refractivity contribution < 1.29 is 14.3 Å². The molecule has 0 bridgehead atoms. The van der Waals surface area contributed by atoms with E-state index in [0.29, 0.717) is 21.5 Å². The summed E-state index contributed by atoms with van der Waals surface area (Å²) in [5.41, 5.74) is 2.92. The van der Waals surface area contributed by atoms with Gasteiger partial charge in [0.1, 0.15) is 10.1 Å². The van der Waals surface area contributed by atoms with Gasteiger partial charge in [0, 0.05) is 12.6 Å². The summed E-state index contributed by atoms with van der Waals surface area (Å²) in [6, 6.07) is 26.6. The summed E-state index contributed by atoms with van der Waals surface area (Å²) in [5.74, 6) is -0.0985. The van der Waals surface area contributed by atoms with Crippen molar-refractivity contribution in [2.24, 2.45) is 0 Å². The number of rotatable bonds is 7. The zero-order valence-corrected chi connectivity index (χ0v) is 19.4. The number of amides is 1. The molecule has 1 aliphatic heterocycles. The van der Waals surface area contributed by atoms with Gasteiger partial charge in [-0.05, 0) is 47.4 Å². The number of thiocarbonyl (C=S) groups is 1. The van der Waals surface area contributed by atoms with Crippen molar-refractivity contribution in [3.05, 3.63) is 113 Å².